The van der Waals surface area contributed by atoms with Crippen molar-refractivity contribution < 1.29 is 9.59 Å². The predicted molar refractivity (Wildman–Crippen MR) is 83.3 cm³/mol. The molecule has 2 rings (SSSR count). The summed E-state index contributed by atoms with van der Waals surface area (Å²) in [6.45, 7) is 6.88. The smallest absolute Gasteiger partial charge is 0.251 e. The first-order valence-corrected chi connectivity index (χ1v) is 7.63. The van der Waals surface area contributed by atoms with Gasteiger partial charge < -0.3 is 10.2 Å². The fraction of sp³-hybridized carbons (Fsp3) is 0.529. The molecule has 1 heterocycles. The Morgan fingerprint density at radius 3 is 2.48 bits per heavy atom. The molecule has 1 fully saturated rings. The van der Waals surface area contributed by atoms with E-state index >= 15 is 0 Å². The van der Waals surface area contributed by atoms with Gasteiger partial charge in [-0.05, 0) is 52.2 Å². The van der Waals surface area contributed by atoms with Crippen molar-refractivity contribution in [3.8, 4) is 0 Å². The highest BCUT2D eigenvalue weighted by atomic mass is 16.2. The van der Waals surface area contributed by atoms with Gasteiger partial charge in [0.2, 0.25) is 5.91 Å². The van der Waals surface area contributed by atoms with Crippen LogP contribution >= 0.6 is 0 Å². The number of likely N-dealkylation sites (tertiary alicyclic amines) is 1. The third kappa shape index (κ3) is 4.06. The number of aryl methyl sites for hydroxylation is 2. The van der Waals surface area contributed by atoms with Crippen molar-refractivity contribution in [2.45, 2.75) is 46.1 Å². The van der Waals surface area contributed by atoms with Crippen molar-refractivity contribution in [2.24, 2.45) is 0 Å². The summed E-state index contributed by atoms with van der Waals surface area (Å²) in [6.07, 6.45) is 3.29. The third-order valence-corrected chi connectivity index (χ3v) is 4.01. The molecule has 1 aromatic rings. The highest BCUT2D eigenvalue weighted by Crippen LogP contribution is 2.16. The quantitative estimate of drug-likeness (QED) is 0.928. The van der Waals surface area contributed by atoms with E-state index in [0.717, 1.165) is 30.5 Å². The van der Waals surface area contributed by atoms with Crippen LogP contribution in [-0.4, -0.2) is 35.8 Å². The van der Waals surface area contributed by atoms with Crippen LogP contribution in [0.25, 0.3) is 0 Å². The number of hydrogen-bond donors (Lipinski definition) is 1. The number of rotatable bonds is 3. The van der Waals surface area contributed by atoms with Crippen LogP contribution in [0.15, 0.2) is 18.2 Å². The van der Waals surface area contributed by atoms with Crippen LogP contribution in [0.3, 0.4) is 0 Å². The topological polar surface area (TPSA) is 49.4 Å². The molecule has 1 atom stereocenters. The lowest BCUT2D eigenvalue weighted by atomic mass is 10.0. The molecule has 1 aliphatic rings. The van der Waals surface area contributed by atoms with Gasteiger partial charge in [-0.2, -0.15) is 0 Å². The van der Waals surface area contributed by atoms with Crippen LogP contribution in [0, 0.1) is 13.8 Å². The molecule has 0 radical (unpaired) electrons. The number of nitrogens with zero attached hydrogens (tertiary/aromatic N) is 1. The number of amides is 2. The summed E-state index contributed by atoms with van der Waals surface area (Å²) >= 11 is 0. The molecule has 0 spiro atoms. The molecule has 1 N–H and O–H groups in total. The molecule has 1 unspecified atom stereocenters. The Kier molecular flexibility index (Phi) is 4.99. The maximum absolute atomic E-state index is 12.2. The van der Waals surface area contributed by atoms with Crippen molar-refractivity contribution in [1.29, 1.82) is 0 Å². The van der Waals surface area contributed by atoms with Crippen LogP contribution in [-0.2, 0) is 4.79 Å². The Labute approximate surface area is 126 Å². The van der Waals surface area contributed by atoms with E-state index in [1.54, 1.807) is 0 Å². The van der Waals surface area contributed by atoms with Gasteiger partial charge in [-0.1, -0.05) is 17.2 Å². The average molecular weight is 288 g/mol. The van der Waals surface area contributed by atoms with Gasteiger partial charge >= 0.3 is 0 Å². The highest BCUT2D eigenvalue weighted by molar-refractivity contribution is 5.96. The van der Waals surface area contributed by atoms with E-state index < -0.39 is 0 Å². The van der Waals surface area contributed by atoms with Gasteiger partial charge in [-0.25, -0.2) is 0 Å². The summed E-state index contributed by atoms with van der Waals surface area (Å²) in [5.41, 5.74) is 2.72. The van der Waals surface area contributed by atoms with Crippen molar-refractivity contribution >= 4 is 11.8 Å². The fourth-order valence-corrected chi connectivity index (χ4v) is 2.93. The Hall–Kier alpha value is -1.84. The summed E-state index contributed by atoms with van der Waals surface area (Å²) < 4.78 is 0. The minimum Gasteiger partial charge on any atom is -0.343 e. The second-order valence-corrected chi connectivity index (χ2v) is 5.99. The zero-order valence-electron chi connectivity index (χ0n) is 13.1. The molecule has 0 aliphatic carbocycles. The minimum absolute atomic E-state index is 0.0138. The van der Waals surface area contributed by atoms with E-state index in [1.165, 1.54) is 6.42 Å². The zero-order valence-corrected chi connectivity index (χ0v) is 13.1. The van der Waals surface area contributed by atoms with Crippen molar-refractivity contribution in [3.05, 3.63) is 34.9 Å². The van der Waals surface area contributed by atoms with E-state index in [9.17, 15) is 9.59 Å². The van der Waals surface area contributed by atoms with E-state index in [-0.39, 0.29) is 24.4 Å². The molecule has 4 nitrogen and oxygen atoms in total. The Morgan fingerprint density at radius 2 is 1.86 bits per heavy atom. The largest absolute Gasteiger partial charge is 0.343 e. The Bertz CT molecular complexity index is 519. The third-order valence-electron chi connectivity index (χ3n) is 4.01. The average Bonchev–Trinajstić information content (AvgIpc) is 2.43. The number of carbonyl (C=O) groups excluding carboxylic acids is 2. The summed E-state index contributed by atoms with van der Waals surface area (Å²) in [5, 5.41) is 2.74. The molecule has 21 heavy (non-hydrogen) atoms. The van der Waals surface area contributed by atoms with E-state index in [1.807, 2.05) is 36.9 Å². The Morgan fingerprint density at radius 1 is 1.19 bits per heavy atom. The van der Waals surface area contributed by atoms with Crippen molar-refractivity contribution in [1.82, 2.24) is 10.2 Å². The van der Waals surface area contributed by atoms with E-state index in [2.05, 4.69) is 12.2 Å². The standard InChI is InChI=1S/C17H24N2O2/c1-12-8-13(2)10-15(9-12)17(21)18-11-16(20)19-7-5-4-6-14(19)3/h8-10,14H,4-7,11H2,1-3H3,(H,18,21). The lowest BCUT2D eigenvalue weighted by Gasteiger charge is -2.33. The van der Waals surface area contributed by atoms with Gasteiger partial charge in [0.15, 0.2) is 0 Å². The molecular formula is C17H24N2O2. The van der Waals surface area contributed by atoms with Gasteiger partial charge in [-0.3, -0.25) is 9.59 Å². The summed E-state index contributed by atoms with van der Waals surface area (Å²) in [7, 11) is 0. The van der Waals surface area contributed by atoms with Gasteiger partial charge in [0, 0.05) is 18.2 Å². The zero-order chi connectivity index (χ0) is 15.4. The lowest BCUT2D eigenvalue weighted by Crippen LogP contribution is -2.46. The molecule has 1 saturated heterocycles. The first-order chi connectivity index (χ1) is 9.97. The summed E-state index contributed by atoms with van der Waals surface area (Å²) in [6, 6.07) is 5.99. The molecule has 2 amide bonds. The summed E-state index contributed by atoms with van der Waals surface area (Å²) in [5.74, 6) is -0.167. The number of benzene rings is 1. The summed E-state index contributed by atoms with van der Waals surface area (Å²) in [4.78, 5) is 26.2. The maximum atomic E-state index is 12.2. The number of nitrogens with one attached hydrogen (secondary N) is 1. The molecule has 1 aliphatic heterocycles. The van der Waals surface area contributed by atoms with Crippen LogP contribution in [0.5, 0.6) is 0 Å². The first-order valence-electron chi connectivity index (χ1n) is 7.63. The monoisotopic (exact) mass is 288 g/mol. The van der Waals surface area contributed by atoms with Gasteiger partial charge in [0.1, 0.15) is 0 Å². The predicted octanol–water partition coefficient (Wildman–Crippen LogP) is 2.43. The molecule has 0 aromatic heterocycles. The first kappa shape index (κ1) is 15.5. The van der Waals surface area contributed by atoms with Gasteiger partial charge in [0.05, 0.1) is 6.54 Å². The molecule has 114 valence electrons. The van der Waals surface area contributed by atoms with Crippen molar-refractivity contribution in [3.63, 3.8) is 0 Å². The number of piperidine rings is 1. The number of hydrogen-bond acceptors (Lipinski definition) is 2. The molecular weight excluding hydrogens is 264 g/mol. The lowest BCUT2D eigenvalue weighted by molar-refractivity contribution is -0.133. The van der Waals surface area contributed by atoms with Crippen molar-refractivity contribution in [2.75, 3.05) is 13.1 Å². The number of carbonyl (C=O) groups is 2. The second kappa shape index (κ2) is 6.74. The minimum atomic E-state index is -0.181. The van der Waals surface area contributed by atoms with E-state index in [0.29, 0.717) is 5.56 Å². The molecule has 0 bridgehead atoms. The Balaban J connectivity index is 1.92. The molecule has 4 heteroatoms. The van der Waals surface area contributed by atoms with Crippen LogP contribution < -0.4 is 5.32 Å². The highest BCUT2D eigenvalue weighted by Gasteiger charge is 2.23. The maximum Gasteiger partial charge on any atom is 0.251 e. The van der Waals surface area contributed by atoms with Crippen LogP contribution in [0.1, 0.15) is 47.7 Å². The molecule has 0 saturated carbocycles. The fourth-order valence-electron chi connectivity index (χ4n) is 2.93. The van der Waals surface area contributed by atoms with Crippen LogP contribution in [0.4, 0.5) is 0 Å². The molecule has 1 aromatic carbocycles. The normalized spacial score (nSPS) is 18.4. The second-order valence-electron chi connectivity index (χ2n) is 5.99. The van der Waals surface area contributed by atoms with E-state index in [4.69, 9.17) is 0 Å². The SMILES string of the molecule is Cc1cc(C)cc(C(=O)NCC(=O)N2CCCCC2C)c1. The van der Waals surface area contributed by atoms with Crippen LogP contribution in [0.2, 0.25) is 0 Å². The van der Waals surface area contributed by atoms with Gasteiger partial charge in [-0.15, -0.1) is 0 Å². The van der Waals surface area contributed by atoms with Gasteiger partial charge in [0.25, 0.3) is 5.91 Å².